The van der Waals surface area contributed by atoms with Crippen LogP contribution in [0.25, 0.3) is 0 Å². The van der Waals surface area contributed by atoms with Crippen LogP contribution in [0.1, 0.15) is 32.1 Å². The van der Waals surface area contributed by atoms with Crippen LogP contribution in [0.2, 0.25) is 0 Å². The van der Waals surface area contributed by atoms with Crippen LogP contribution in [0.3, 0.4) is 0 Å². The van der Waals surface area contributed by atoms with Gasteiger partial charge in [0.1, 0.15) is 0 Å². The Morgan fingerprint density at radius 1 is 1.19 bits per heavy atom. The van der Waals surface area contributed by atoms with Gasteiger partial charge in [-0.15, -0.1) is 0 Å². The normalized spacial score (nSPS) is 26.6. The third kappa shape index (κ3) is 4.35. The lowest BCUT2D eigenvalue weighted by atomic mass is 9.79. The Hall–Kier alpha value is -1.24. The van der Waals surface area contributed by atoms with Crippen LogP contribution in [0, 0.1) is 17.7 Å². The summed E-state index contributed by atoms with van der Waals surface area (Å²) in [6.45, 7) is 6.46. The molecule has 0 bridgehead atoms. The fraction of sp³-hybridized carbons (Fsp3) is 0.750. The van der Waals surface area contributed by atoms with Gasteiger partial charge in [0, 0.05) is 45.7 Å². The summed E-state index contributed by atoms with van der Waals surface area (Å²) in [7, 11) is 0. The first-order valence-corrected chi connectivity index (χ1v) is 9.90. The summed E-state index contributed by atoms with van der Waals surface area (Å²) in [6.07, 6.45) is 7.02. The summed E-state index contributed by atoms with van der Waals surface area (Å²) >= 11 is 0. The zero-order valence-electron chi connectivity index (χ0n) is 15.4. The van der Waals surface area contributed by atoms with Gasteiger partial charge in [-0.2, -0.15) is 0 Å². The van der Waals surface area contributed by atoms with Crippen LogP contribution in [-0.2, 0) is 9.47 Å². The first-order valence-electron chi connectivity index (χ1n) is 9.90. The van der Waals surface area contributed by atoms with Crippen molar-refractivity contribution in [1.82, 2.24) is 9.88 Å². The zero-order chi connectivity index (χ0) is 17.8. The van der Waals surface area contributed by atoms with Gasteiger partial charge in [0.25, 0.3) is 0 Å². The molecule has 1 atom stereocenters. The molecule has 3 fully saturated rings. The predicted molar refractivity (Wildman–Crippen MR) is 95.7 cm³/mol. The molecule has 1 spiro atoms. The summed E-state index contributed by atoms with van der Waals surface area (Å²) in [5.74, 6) is 1.09. The molecule has 0 amide bonds. The molecule has 0 aliphatic carbocycles. The van der Waals surface area contributed by atoms with Gasteiger partial charge in [-0.1, -0.05) is 0 Å². The molecule has 144 valence electrons. The first-order chi connectivity index (χ1) is 12.7. The maximum absolute atomic E-state index is 13.6. The Kier molecular flexibility index (Phi) is 5.72. The lowest BCUT2D eigenvalue weighted by Crippen LogP contribution is -2.65. The molecule has 0 radical (unpaired) electrons. The fourth-order valence-corrected chi connectivity index (χ4v) is 4.59. The van der Waals surface area contributed by atoms with Gasteiger partial charge < -0.3 is 14.2 Å². The number of ether oxygens (including phenoxy) is 3. The Bertz CT molecular complexity index is 588. The molecule has 0 unspecified atom stereocenters. The largest absolute Gasteiger partial charge is 0.476 e. The molecule has 3 aliphatic rings. The van der Waals surface area contributed by atoms with E-state index in [-0.39, 0.29) is 11.5 Å². The second-order valence-electron chi connectivity index (χ2n) is 8.04. The van der Waals surface area contributed by atoms with Crippen molar-refractivity contribution in [2.45, 2.75) is 37.7 Å². The highest BCUT2D eigenvalue weighted by Gasteiger charge is 2.47. The third-order valence-corrected chi connectivity index (χ3v) is 5.97. The highest BCUT2D eigenvalue weighted by atomic mass is 19.1. The van der Waals surface area contributed by atoms with Gasteiger partial charge in [-0.25, -0.2) is 9.37 Å². The number of nitrogens with zero attached hydrogens (tertiary/aromatic N) is 2. The van der Waals surface area contributed by atoms with Crippen molar-refractivity contribution in [3.05, 3.63) is 24.1 Å². The van der Waals surface area contributed by atoms with Crippen molar-refractivity contribution in [2.75, 3.05) is 46.1 Å². The minimum absolute atomic E-state index is 0.0460. The number of pyridine rings is 1. The molecule has 0 N–H and O–H groups in total. The molecule has 3 aliphatic heterocycles. The predicted octanol–water partition coefficient (Wildman–Crippen LogP) is 2.90. The second kappa shape index (κ2) is 8.19. The average Bonchev–Trinajstić information content (AvgIpc) is 2.63. The molecule has 26 heavy (non-hydrogen) atoms. The van der Waals surface area contributed by atoms with Gasteiger partial charge in [0.05, 0.1) is 12.2 Å². The minimum atomic E-state index is -0.390. The van der Waals surface area contributed by atoms with Gasteiger partial charge in [-0.3, -0.25) is 4.90 Å². The molecule has 1 aromatic heterocycles. The van der Waals surface area contributed by atoms with Crippen LogP contribution in [0.5, 0.6) is 5.88 Å². The van der Waals surface area contributed by atoms with E-state index in [1.54, 1.807) is 12.3 Å². The van der Waals surface area contributed by atoms with E-state index in [1.807, 2.05) is 0 Å². The van der Waals surface area contributed by atoms with E-state index in [2.05, 4.69) is 9.88 Å². The summed E-state index contributed by atoms with van der Waals surface area (Å²) in [5, 5.41) is 0. The number of aromatic nitrogens is 1. The molecular formula is C20H29FN2O3. The Morgan fingerprint density at radius 2 is 2.00 bits per heavy atom. The van der Waals surface area contributed by atoms with E-state index in [1.165, 1.54) is 25.5 Å². The first kappa shape index (κ1) is 18.1. The summed E-state index contributed by atoms with van der Waals surface area (Å²) < 4.78 is 30.7. The van der Waals surface area contributed by atoms with Gasteiger partial charge >= 0.3 is 0 Å². The zero-order valence-corrected chi connectivity index (χ0v) is 15.4. The lowest BCUT2D eigenvalue weighted by molar-refractivity contribution is -0.183. The van der Waals surface area contributed by atoms with Crippen molar-refractivity contribution >= 4 is 0 Å². The molecule has 5 nitrogen and oxygen atoms in total. The van der Waals surface area contributed by atoms with Crippen LogP contribution >= 0.6 is 0 Å². The van der Waals surface area contributed by atoms with Gasteiger partial charge in [0.15, 0.2) is 5.82 Å². The molecule has 4 rings (SSSR count). The number of hydrogen-bond acceptors (Lipinski definition) is 5. The fourth-order valence-electron chi connectivity index (χ4n) is 4.59. The second-order valence-corrected chi connectivity index (χ2v) is 8.04. The highest BCUT2D eigenvalue weighted by molar-refractivity contribution is 5.12. The summed E-state index contributed by atoms with van der Waals surface area (Å²) in [5.41, 5.74) is 0.0460. The maximum Gasteiger partial charge on any atom is 0.250 e. The van der Waals surface area contributed by atoms with Crippen molar-refractivity contribution in [2.24, 2.45) is 11.8 Å². The maximum atomic E-state index is 13.6. The Labute approximate surface area is 154 Å². The summed E-state index contributed by atoms with van der Waals surface area (Å²) in [6, 6.07) is 2.96. The quantitative estimate of drug-likeness (QED) is 0.777. The van der Waals surface area contributed by atoms with E-state index < -0.39 is 5.82 Å². The lowest BCUT2D eigenvalue weighted by Gasteiger charge is -2.54. The SMILES string of the molecule is Fc1cccnc1OCC[C@@H]1CCOC2(C1)CN(CC1CCOCC1)C2. The molecule has 0 aromatic carbocycles. The smallest absolute Gasteiger partial charge is 0.250 e. The van der Waals surface area contributed by atoms with Crippen LogP contribution in [-0.4, -0.2) is 61.5 Å². The monoisotopic (exact) mass is 364 g/mol. The molecule has 1 aromatic rings. The van der Waals surface area contributed by atoms with Gasteiger partial charge in [-0.05, 0) is 56.1 Å². The molecule has 6 heteroatoms. The highest BCUT2D eigenvalue weighted by Crippen LogP contribution is 2.38. The molecule has 4 heterocycles. The number of hydrogen-bond donors (Lipinski definition) is 0. The molecule has 0 saturated carbocycles. The number of halogens is 1. The number of rotatable bonds is 6. The van der Waals surface area contributed by atoms with Gasteiger partial charge in [0.2, 0.25) is 5.88 Å². The minimum Gasteiger partial charge on any atom is -0.476 e. The van der Waals surface area contributed by atoms with Crippen molar-refractivity contribution in [1.29, 1.82) is 0 Å². The van der Waals surface area contributed by atoms with Crippen LogP contribution in [0.4, 0.5) is 4.39 Å². The third-order valence-electron chi connectivity index (χ3n) is 5.97. The summed E-state index contributed by atoms with van der Waals surface area (Å²) in [4.78, 5) is 6.48. The molecular weight excluding hydrogens is 335 g/mol. The van der Waals surface area contributed by atoms with Crippen LogP contribution in [0.15, 0.2) is 18.3 Å². The van der Waals surface area contributed by atoms with Crippen LogP contribution < -0.4 is 4.74 Å². The van der Waals surface area contributed by atoms with E-state index >= 15 is 0 Å². The van der Waals surface area contributed by atoms with E-state index in [0.717, 1.165) is 58.1 Å². The van der Waals surface area contributed by atoms with Crippen molar-refractivity contribution in [3.8, 4) is 5.88 Å². The van der Waals surface area contributed by atoms with E-state index in [4.69, 9.17) is 14.2 Å². The average molecular weight is 364 g/mol. The standard InChI is InChI=1S/C20H29FN2O3/c21-18-2-1-7-22-19(18)25-10-5-16-6-11-26-20(12-16)14-23(15-20)13-17-3-8-24-9-4-17/h1-2,7,16-17H,3-6,8-15H2/t16-/m1/s1. The van der Waals surface area contributed by atoms with Crippen molar-refractivity contribution in [3.63, 3.8) is 0 Å². The Balaban J connectivity index is 1.19. The Morgan fingerprint density at radius 3 is 2.81 bits per heavy atom. The van der Waals surface area contributed by atoms with E-state index in [9.17, 15) is 4.39 Å². The number of likely N-dealkylation sites (tertiary alicyclic amines) is 1. The van der Waals surface area contributed by atoms with E-state index in [0.29, 0.717) is 12.5 Å². The topological polar surface area (TPSA) is 43.8 Å². The van der Waals surface area contributed by atoms with Crippen molar-refractivity contribution < 1.29 is 18.6 Å². The molecule has 3 saturated heterocycles.